The maximum absolute atomic E-state index is 13.4. The number of aromatic hydroxyl groups is 1. The van der Waals surface area contributed by atoms with Gasteiger partial charge in [-0.2, -0.15) is 0 Å². The van der Waals surface area contributed by atoms with Gasteiger partial charge in [0.05, 0.1) is 16.1 Å². The molecule has 5 nitrogen and oxygen atoms in total. The van der Waals surface area contributed by atoms with Crippen LogP contribution in [0.4, 0.5) is 10.1 Å². The second kappa shape index (κ2) is 5.51. The first kappa shape index (κ1) is 15.2. The van der Waals surface area contributed by atoms with Crippen LogP contribution in [0.1, 0.15) is 5.56 Å². The number of rotatable bonds is 3. The average molecular weight is 332 g/mol. The van der Waals surface area contributed by atoms with E-state index in [1.807, 2.05) is 0 Å². The van der Waals surface area contributed by atoms with Gasteiger partial charge in [-0.25, -0.2) is 12.8 Å². The Bertz CT molecular complexity index is 1000. The molecule has 0 aliphatic rings. The zero-order valence-corrected chi connectivity index (χ0v) is 12.9. The van der Waals surface area contributed by atoms with Gasteiger partial charge in [-0.05, 0) is 36.8 Å². The monoisotopic (exact) mass is 332 g/mol. The third-order valence-electron chi connectivity index (χ3n) is 3.37. The second-order valence-corrected chi connectivity index (χ2v) is 6.73. The summed E-state index contributed by atoms with van der Waals surface area (Å²) in [6, 6.07) is 9.66. The van der Waals surface area contributed by atoms with Crippen molar-refractivity contribution in [3.63, 3.8) is 0 Å². The summed E-state index contributed by atoms with van der Waals surface area (Å²) in [6.45, 7) is 1.58. The number of nitrogens with zero attached hydrogens (tertiary/aromatic N) is 1. The minimum Gasteiger partial charge on any atom is -0.508 e. The molecule has 0 atom stereocenters. The van der Waals surface area contributed by atoms with E-state index in [0.717, 1.165) is 6.07 Å². The van der Waals surface area contributed by atoms with Crippen molar-refractivity contribution in [2.75, 3.05) is 4.72 Å². The van der Waals surface area contributed by atoms with Gasteiger partial charge in [-0.15, -0.1) is 0 Å². The van der Waals surface area contributed by atoms with Crippen LogP contribution in [0.5, 0.6) is 5.75 Å². The topological polar surface area (TPSA) is 79.3 Å². The fourth-order valence-electron chi connectivity index (χ4n) is 2.32. The summed E-state index contributed by atoms with van der Waals surface area (Å²) < 4.78 is 40.8. The smallest absolute Gasteiger partial charge is 0.262 e. The number of sulfonamides is 1. The van der Waals surface area contributed by atoms with Crippen LogP contribution in [0.2, 0.25) is 0 Å². The molecule has 0 bridgehead atoms. The fourth-order valence-corrected chi connectivity index (χ4v) is 3.63. The highest BCUT2D eigenvalue weighted by Crippen LogP contribution is 2.29. The summed E-state index contributed by atoms with van der Waals surface area (Å²) in [7, 11) is -4.02. The molecule has 3 rings (SSSR count). The lowest BCUT2D eigenvalue weighted by molar-refractivity contribution is 0.476. The Morgan fingerprint density at radius 1 is 1.17 bits per heavy atom. The number of aromatic nitrogens is 1. The van der Waals surface area contributed by atoms with Gasteiger partial charge in [0.2, 0.25) is 0 Å². The molecule has 118 valence electrons. The first-order valence-corrected chi connectivity index (χ1v) is 8.22. The molecule has 2 N–H and O–H groups in total. The van der Waals surface area contributed by atoms with Gasteiger partial charge in [0.1, 0.15) is 11.6 Å². The molecule has 0 amide bonds. The number of aryl methyl sites for hydroxylation is 1. The van der Waals surface area contributed by atoms with Gasteiger partial charge < -0.3 is 5.11 Å². The van der Waals surface area contributed by atoms with E-state index in [0.29, 0.717) is 16.5 Å². The minimum atomic E-state index is -4.02. The molecule has 2 aromatic carbocycles. The Kier molecular flexibility index (Phi) is 3.65. The van der Waals surface area contributed by atoms with Crippen LogP contribution in [0.25, 0.3) is 10.9 Å². The number of phenols is 1. The van der Waals surface area contributed by atoms with Crippen molar-refractivity contribution in [2.45, 2.75) is 11.8 Å². The van der Waals surface area contributed by atoms with Gasteiger partial charge in [0.15, 0.2) is 0 Å². The van der Waals surface area contributed by atoms with E-state index in [1.54, 1.807) is 19.1 Å². The van der Waals surface area contributed by atoms with E-state index in [2.05, 4.69) is 9.71 Å². The number of hydrogen-bond donors (Lipinski definition) is 2. The lowest BCUT2D eigenvalue weighted by Crippen LogP contribution is -2.15. The third-order valence-corrected chi connectivity index (χ3v) is 4.88. The number of phenolic OH excluding ortho intramolecular Hbond substituents is 1. The molecule has 0 aliphatic heterocycles. The molecule has 0 aliphatic carbocycles. The molecular formula is C16H13FN2O3S. The highest BCUT2D eigenvalue weighted by Gasteiger charge is 2.19. The van der Waals surface area contributed by atoms with Crippen LogP contribution in [-0.4, -0.2) is 18.5 Å². The zero-order valence-electron chi connectivity index (χ0n) is 12.1. The van der Waals surface area contributed by atoms with Crippen molar-refractivity contribution < 1.29 is 17.9 Å². The normalized spacial score (nSPS) is 11.6. The Morgan fingerprint density at radius 3 is 2.74 bits per heavy atom. The first-order chi connectivity index (χ1) is 10.9. The Labute approximate surface area is 132 Å². The van der Waals surface area contributed by atoms with Crippen molar-refractivity contribution in [1.29, 1.82) is 0 Å². The van der Waals surface area contributed by atoms with Crippen LogP contribution in [0.15, 0.2) is 53.6 Å². The van der Waals surface area contributed by atoms with Crippen molar-refractivity contribution in [3.8, 4) is 5.75 Å². The molecule has 0 unspecified atom stereocenters. The summed E-state index contributed by atoms with van der Waals surface area (Å²) in [4.78, 5) is 3.97. The number of hydrogen-bond acceptors (Lipinski definition) is 4. The number of pyridine rings is 1. The molecule has 1 aromatic heterocycles. The van der Waals surface area contributed by atoms with Gasteiger partial charge in [0, 0.05) is 17.6 Å². The van der Waals surface area contributed by atoms with E-state index < -0.39 is 15.8 Å². The summed E-state index contributed by atoms with van der Waals surface area (Å²) in [5.41, 5.74) is 0.934. The van der Waals surface area contributed by atoms with Crippen LogP contribution < -0.4 is 4.72 Å². The van der Waals surface area contributed by atoms with E-state index in [1.165, 1.54) is 30.5 Å². The molecule has 7 heteroatoms. The number of anilines is 1. The van der Waals surface area contributed by atoms with Crippen LogP contribution in [0, 0.1) is 12.7 Å². The summed E-state index contributed by atoms with van der Waals surface area (Å²) in [5.74, 6) is -0.742. The standard InChI is InChI=1S/C16H13FN2O3S/c1-10-4-5-12(17)8-15(10)23(21,22)19-14-9-13(20)7-11-3-2-6-18-16(11)14/h2-9,19-20H,1H3. The van der Waals surface area contributed by atoms with Crippen molar-refractivity contribution in [2.24, 2.45) is 0 Å². The molecular weight excluding hydrogens is 319 g/mol. The zero-order chi connectivity index (χ0) is 16.6. The minimum absolute atomic E-state index is 0.0980. The maximum Gasteiger partial charge on any atom is 0.262 e. The van der Waals surface area contributed by atoms with E-state index in [9.17, 15) is 17.9 Å². The number of nitrogens with one attached hydrogen (secondary N) is 1. The van der Waals surface area contributed by atoms with Gasteiger partial charge in [-0.3, -0.25) is 9.71 Å². The largest absolute Gasteiger partial charge is 0.508 e. The molecule has 0 fully saturated rings. The van der Waals surface area contributed by atoms with Gasteiger partial charge >= 0.3 is 0 Å². The van der Waals surface area contributed by atoms with Crippen molar-refractivity contribution in [3.05, 3.63) is 60.0 Å². The lowest BCUT2D eigenvalue weighted by atomic mass is 10.2. The van der Waals surface area contributed by atoms with Crippen LogP contribution in [-0.2, 0) is 10.0 Å². The molecule has 0 radical (unpaired) electrons. The molecule has 3 aromatic rings. The average Bonchev–Trinajstić information content (AvgIpc) is 2.49. The van der Waals surface area contributed by atoms with Crippen LogP contribution in [0.3, 0.4) is 0 Å². The lowest BCUT2D eigenvalue weighted by Gasteiger charge is -2.12. The third kappa shape index (κ3) is 2.95. The van der Waals surface area contributed by atoms with E-state index in [4.69, 9.17) is 0 Å². The van der Waals surface area contributed by atoms with Crippen molar-refractivity contribution in [1.82, 2.24) is 4.98 Å². The summed E-state index contributed by atoms with van der Waals surface area (Å²) in [6.07, 6.45) is 1.52. The number of halogens is 1. The predicted molar refractivity (Wildman–Crippen MR) is 85.4 cm³/mol. The molecule has 1 heterocycles. The SMILES string of the molecule is Cc1ccc(F)cc1S(=O)(=O)Nc1cc(O)cc2cccnc12. The Balaban J connectivity index is 2.13. The van der Waals surface area contributed by atoms with Crippen molar-refractivity contribution >= 4 is 26.6 Å². The number of benzene rings is 2. The number of fused-ring (bicyclic) bond motifs is 1. The molecule has 23 heavy (non-hydrogen) atoms. The Morgan fingerprint density at radius 2 is 1.96 bits per heavy atom. The fraction of sp³-hybridized carbons (Fsp3) is 0.0625. The summed E-state index contributed by atoms with van der Waals surface area (Å²) in [5, 5.41) is 10.3. The molecule has 0 spiro atoms. The van der Waals surface area contributed by atoms with Gasteiger partial charge in [-0.1, -0.05) is 12.1 Å². The van der Waals surface area contributed by atoms with Gasteiger partial charge in [0.25, 0.3) is 10.0 Å². The van der Waals surface area contributed by atoms with E-state index in [-0.39, 0.29) is 16.3 Å². The first-order valence-electron chi connectivity index (χ1n) is 6.73. The molecule has 0 saturated heterocycles. The highest BCUT2D eigenvalue weighted by molar-refractivity contribution is 7.92. The van der Waals surface area contributed by atoms with E-state index >= 15 is 0 Å². The summed E-state index contributed by atoms with van der Waals surface area (Å²) >= 11 is 0. The quantitative estimate of drug-likeness (QED) is 0.772. The maximum atomic E-state index is 13.4. The second-order valence-electron chi connectivity index (χ2n) is 5.08. The van der Waals surface area contributed by atoms with Crippen LogP contribution >= 0.6 is 0 Å². The predicted octanol–water partition coefficient (Wildman–Crippen LogP) is 3.19. The highest BCUT2D eigenvalue weighted by atomic mass is 32.2. The molecule has 0 saturated carbocycles. The Hall–Kier alpha value is -2.67.